The van der Waals surface area contributed by atoms with Crippen LogP contribution >= 0.6 is 35.3 Å². The van der Waals surface area contributed by atoms with Crippen molar-refractivity contribution >= 4 is 47.2 Å². The number of halogens is 2. The minimum Gasteiger partial charge on any atom is -0.365 e. The summed E-state index contributed by atoms with van der Waals surface area (Å²) in [4.78, 5) is 26.8. The molecule has 3 rings (SSSR count). The van der Waals surface area contributed by atoms with E-state index in [0.29, 0.717) is 27.9 Å². The quantitative estimate of drug-likeness (QED) is 0.852. The Labute approximate surface area is 155 Å². The van der Waals surface area contributed by atoms with Crippen molar-refractivity contribution in [2.75, 3.05) is 19.6 Å². The van der Waals surface area contributed by atoms with Gasteiger partial charge < -0.3 is 16.0 Å². The van der Waals surface area contributed by atoms with Crippen LogP contribution in [0.1, 0.15) is 30.9 Å². The first-order valence-electron chi connectivity index (χ1n) is 7.23. The van der Waals surface area contributed by atoms with E-state index in [2.05, 4.69) is 5.32 Å². The molecule has 128 valence electrons. The Balaban J connectivity index is 0.00000208. The summed E-state index contributed by atoms with van der Waals surface area (Å²) in [5.74, 6) is -0.602. The van der Waals surface area contributed by atoms with Gasteiger partial charge in [0.25, 0.3) is 11.8 Å². The van der Waals surface area contributed by atoms with E-state index >= 15 is 0 Å². The smallest absolute Gasteiger partial charge is 0.264 e. The number of piperazine rings is 1. The average Bonchev–Trinajstić information content (AvgIpc) is 3.04. The number of thiophene rings is 1. The topological polar surface area (TPSA) is 75.4 Å². The second-order valence-corrected chi connectivity index (χ2v) is 6.82. The summed E-state index contributed by atoms with van der Waals surface area (Å²) >= 11 is 7.20. The van der Waals surface area contributed by atoms with Crippen molar-refractivity contribution in [1.82, 2.24) is 10.2 Å². The minimum absolute atomic E-state index is 0. The van der Waals surface area contributed by atoms with E-state index in [1.165, 1.54) is 0 Å². The van der Waals surface area contributed by atoms with Gasteiger partial charge in [-0.15, -0.1) is 23.7 Å². The highest BCUT2D eigenvalue weighted by Gasteiger charge is 2.29. The van der Waals surface area contributed by atoms with Gasteiger partial charge in [-0.25, -0.2) is 0 Å². The lowest BCUT2D eigenvalue weighted by atomic mass is 10.0. The number of nitrogens with two attached hydrogens (primary N) is 1. The molecule has 1 aromatic heterocycles. The highest BCUT2D eigenvalue weighted by Crippen LogP contribution is 2.28. The van der Waals surface area contributed by atoms with Gasteiger partial charge in [-0.1, -0.05) is 23.7 Å². The van der Waals surface area contributed by atoms with Gasteiger partial charge >= 0.3 is 0 Å². The molecule has 2 heterocycles. The first-order chi connectivity index (χ1) is 11.1. The first kappa shape index (κ1) is 18.7. The third-order valence-electron chi connectivity index (χ3n) is 3.80. The standard InChI is InChI=1S/C16H16ClN3O2S.ClH/c17-11-3-1-2-10(8-11)12-9-19-6-7-20(12)16(22)14-5-4-13(23-14)15(18)21;/h1-5,8,12,19H,6-7,9H2,(H2,18,21);1H. The third-order valence-corrected chi connectivity index (χ3v) is 5.12. The van der Waals surface area contributed by atoms with Gasteiger partial charge in [0, 0.05) is 24.7 Å². The number of hydrogen-bond acceptors (Lipinski definition) is 4. The highest BCUT2D eigenvalue weighted by molar-refractivity contribution is 7.15. The summed E-state index contributed by atoms with van der Waals surface area (Å²) in [7, 11) is 0. The van der Waals surface area contributed by atoms with Crippen LogP contribution in [-0.2, 0) is 0 Å². The van der Waals surface area contributed by atoms with Gasteiger partial charge in [-0.05, 0) is 29.8 Å². The van der Waals surface area contributed by atoms with Crippen molar-refractivity contribution < 1.29 is 9.59 Å². The van der Waals surface area contributed by atoms with Gasteiger partial charge in [0.15, 0.2) is 0 Å². The molecule has 1 saturated heterocycles. The first-order valence-corrected chi connectivity index (χ1v) is 8.42. The van der Waals surface area contributed by atoms with Crippen LogP contribution in [0.25, 0.3) is 0 Å². The molecule has 8 heteroatoms. The molecule has 0 spiro atoms. The van der Waals surface area contributed by atoms with Crippen LogP contribution in [0.3, 0.4) is 0 Å². The Kier molecular flexibility index (Phi) is 6.23. The monoisotopic (exact) mass is 385 g/mol. The summed E-state index contributed by atoms with van der Waals surface area (Å²) in [6.07, 6.45) is 0. The lowest BCUT2D eigenvalue weighted by Crippen LogP contribution is -2.48. The van der Waals surface area contributed by atoms with Crippen molar-refractivity contribution in [3.8, 4) is 0 Å². The molecule has 1 aliphatic heterocycles. The Morgan fingerprint density at radius 1 is 1.25 bits per heavy atom. The van der Waals surface area contributed by atoms with Crippen LogP contribution in [0.4, 0.5) is 0 Å². The fourth-order valence-electron chi connectivity index (χ4n) is 2.69. The number of primary amides is 1. The molecule has 0 saturated carbocycles. The van der Waals surface area contributed by atoms with Crippen LogP contribution in [-0.4, -0.2) is 36.3 Å². The molecule has 0 radical (unpaired) electrons. The fourth-order valence-corrected chi connectivity index (χ4v) is 3.70. The second kappa shape index (κ2) is 7.98. The van der Waals surface area contributed by atoms with Crippen LogP contribution in [0.5, 0.6) is 0 Å². The molecule has 1 aromatic carbocycles. The van der Waals surface area contributed by atoms with Crippen molar-refractivity contribution in [2.24, 2.45) is 5.73 Å². The van der Waals surface area contributed by atoms with Gasteiger partial charge in [0.05, 0.1) is 15.8 Å². The maximum atomic E-state index is 12.8. The van der Waals surface area contributed by atoms with E-state index in [1.807, 2.05) is 29.2 Å². The van der Waals surface area contributed by atoms with Crippen molar-refractivity contribution in [3.63, 3.8) is 0 Å². The number of carbonyl (C=O) groups is 2. The zero-order valence-corrected chi connectivity index (χ0v) is 15.1. The fraction of sp³-hybridized carbons (Fsp3) is 0.250. The third kappa shape index (κ3) is 3.89. The number of rotatable bonds is 3. The lowest BCUT2D eigenvalue weighted by Gasteiger charge is -2.36. The molecular weight excluding hydrogens is 369 g/mol. The van der Waals surface area contributed by atoms with Crippen LogP contribution < -0.4 is 11.1 Å². The molecule has 2 amide bonds. The number of hydrogen-bond donors (Lipinski definition) is 2. The number of benzene rings is 1. The van der Waals surface area contributed by atoms with E-state index in [9.17, 15) is 9.59 Å². The molecule has 0 bridgehead atoms. The SMILES string of the molecule is Cl.NC(=O)c1ccc(C(=O)N2CCNCC2c2cccc(Cl)c2)s1. The predicted molar refractivity (Wildman–Crippen MR) is 98.2 cm³/mol. The summed E-state index contributed by atoms with van der Waals surface area (Å²) in [5, 5.41) is 3.95. The summed E-state index contributed by atoms with van der Waals surface area (Å²) < 4.78 is 0. The molecule has 24 heavy (non-hydrogen) atoms. The normalized spacial score (nSPS) is 17.2. The number of nitrogens with zero attached hydrogens (tertiary/aromatic N) is 1. The maximum Gasteiger partial charge on any atom is 0.264 e. The molecule has 1 aliphatic rings. The maximum absolute atomic E-state index is 12.8. The Hall–Kier alpha value is -1.60. The van der Waals surface area contributed by atoms with E-state index in [4.69, 9.17) is 17.3 Å². The van der Waals surface area contributed by atoms with E-state index < -0.39 is 5.91 Å². The number of amides is 2. The molecule has 2 aromatic rings. The summed E-state index contributed by atoms with van der Waals surface area (Å²) in [6, 6.07) is 10.7. The predicted octanol–water partition coefficient (Wildman–Crippen LogP) is 2.71. The van der Waals surface area contributed by atoms with E-state index in [-0.39, 0.29) is 24.4 Å². The van der Waals surface area contributed by atoms with Crippen LogP contribution in [0, 0.1) is 0 Å². The molecule has 5 nitrogen and oxygen atoms in total. The Morgan fingerprint density at radius 2 is 2.00 bits per heavy atom. The summed E-state index contributed by atoms with van der Waals surface area (Å²) in [6.45, 7) is 2.00. The van der Waals surface area contributed by atoms with Crippen molar-refractivity contribution in [3.05, 3.63) is 56.7 Å². The molecule has 1 atom stereocenters. The zero-order valence-electron chi connectivity index (χ0n) is 12.7. The lowest BCUT2D eigenvalue weighted by molar-refractivity contribution is 0.0639. The molecule has 3 N–H and O–H groups in total. The minimum atomic E-state index is -0.513. The molecular formula is C16H17Cl2N3O2S. The second-order valence-electron chi connectivity index (χ2n) is 5.30. The molecule has 1 unspecified atom stereocenters. The van der Waals surface area contributed by atoms with Crippen molar-refractivity contribution in [2.45, 2.75) is 6.04 Å². The Morgan fingerprint density at radius 3 is 2.67 bits per heavy atom. The Bertz CT molecular complexity index is 750. The van der Waals surface area contributed by atoms with Gasteiger partial charge in [0.1, 0.15) is 0 Å². The number of nitrogens with one attached hydrogen (secondary N) is 1. The molecule has 0 aliphatic carbocycles. The average molecular weight is 386 g/mol. The van der Waals surface area contributed by atoms with Gasteiger partial charge in [-0.3, -0.25) is 9.59 Å². The zero-order chi connectivity index (χ0) is 16.4. The van der Waals surface area contributed by atoms with Crippen LogP contribution in [0.2, 0.25) is 5.02 Å². The largest absolute Gasteiger partial charge is 0.365 e. The van der Waals surface area contributed by atoms with Gasteiger partial charge in [-0.2, -0.15) is 0 Å². The van der Waals surface area contributed by atoms with Crippen LogP contribution in [0.15, 0.2) is 36.4 Å². The highest BCUT2D eigenvalue weighted by atomic mass is 35.5. The molecule has 1 fully saturated rings. The van der Waals surface area contributed by atoms with E-state index in [1.54, 1.807) is 12.1 Å². The van der Waals surface area contributed by atoms with E-state index in [0.717, 1.165) is 23.4 Å². The summed E-state index contributed by atoms with van der Waals surface area (Å²) in [5.41, 5.74) is 6.25. The van der Waals surface area contributed by atoms with Gasteiger partial charge in [0.2, 0.25) is 0 Å². The number of carbonyl (C=O) groups excluding carboxylic acids is 2. The van der Waals surface area contributed by atoms with Crippen molar-refractivity contribution in [1.29, 1.82) is 0 Å².